The molecule has 0 aliphatic carbocycles. The van der Waals surface area contributed by atoms with Gasteiger partial charge in [-0.3, -0.25) is 9.59 Å². The van der Waals surface area contributed by atoms with Gasteiger partial charge in [-0.2, -0.15) is 11.8 Å². The van der Waals surface area contributed by atoms with Crippen molar-refractivity contribution in [2.75, 3.05) is 30.5 Å². The fourth-order valence-electron chi connectivity index (χ4n) is 2.14. The lowest BCUT2D eigenvalue weighted by Gasteiger charge is -2.26. The Labute approximate surface area is 139 Å². The second kappa shape index (κ2) is 7.35. The normalized spacial score (nSPS) is 20.7. The second-order valence-corrected chi connectivity index (χ2v) is 6.80. The van der Waals surface area contributed by atoms with Crippen LogP contribution < -0.4 is 10.6 Å². The van der Waals surface area contributed by atoms with Crippen LogP contribution in [0.15, 0.2) is 18.2 Å². The number of amides is 2. The molecule has 1 heterocycles. The maximum Gasteiger partial charge on any atom is 0.313 e. The van der Waals surface area contributed by atoms with Crippen molar-refractivity contribution in [1.82, 2.24) is 5.32 Å². The summed E-state index contributed by atoms with van der Waals surface area (Å²) < 4.78 is 5.49. The molecule has 0 aromatic heterocycles. The Balaban J connectivity index is 1.89. The first kappa shape index (κ1) is 17.1. The van der Waals surface area contributed by atoms with Gasteiger partial charge in [-0.15, -0.1) is 0 Å². The van der Waals surface area contributed by atoms with Crippen molar-refractivity contribution in [3.05, 3.63) is 28.8 Å². The summed E-state index contributed by atoms with van der Waals surface area (Å²) in [6, 6.07) is 5.11. The van der Waals surface area contributed by atoms with Crippen LogP contribution in [0.25, 0.3) is 0 Å². The average molecular weight is 343 g/mol. The first-order valence-corrected chi connectivity index (χ1v) is 8.47. The summed E-state index contributed by atoms with van der Waals surface area (Å²) in [5, 5.41) is 5.72. The van der Waals surface area contributed by atoms with E-state index < -0.39 is 11.8 Å². The summed E-state index contributed by atoms with van der Waals surface area (Å²) >= 11 is 7.77. The van der Waals surface area contributed by atoms with E-state index in [0.717, 1.165) is 23.5 Å². The van der Waals surface area contributed by atoms with Gasteiger partial charge in [0, 0.05) is 30.1 Å². The number of benzene rings is 1. The van der Waals surface area contributed by atoms with E-state index in [1.807, 2.05) is 6.92 Å². The fraction of sp³-hybridized carbons (Fsp3) is 0.467. The number of nitrogens with one attached hydrogen (secondary N) is 2. The van der Waals surface area contributed by atoms with Crippen molar-refractivity contribution >= 4 is 40.9 Å². The molecule has 22 heavy (non-hydrogen) atoms. The fourth-order valence-corrected chi connectivity index (χ4v) is 3.72. The van der Waals surface area contributed by atoms with Crippen molar-refractivity contribution < 1.29 is 14.3 Å². The molecule has 7 heteroatoms. The smallest absolute Gasteiger partial charge is 0.313 e. The maximum atomic E-state index is 11.9. The number of halogens is 1. The van der Waals surface area contributed by atoms with E-state index in [1.54, 1.807) is 37.1 Å². The molecule has 1 atom stereocenters. The van der Waals surface area contributed by atoms with E-state index in [-0.39, 0.29) is 5.60 Å². The van der Waals surface area contributed by atoms with Crippen LogP contribution >= 0.6 is 23.4 Å². The van der Waals surface area contributed by atoms with Crippen LogP contribution in [0.4, 0.5) is 5.69 Å². The number of ether oxygens (including phenoxy) is 1. The molecule has 2 rings (SSSR count). The van der Waals surface area contributed by atoms with Crippen molar-refractivity contribution in [3.8, 4) is 0 Å². The van der Waals surface area contributed by atoms with Gasteiger partial charge >= 0.3 is 11.8 Å². The maximum absolute atomic E-state index is 11.9. The molecule has 0 bridgehead atoms. The molecule has 2 amide bonds. The highest BCUT2D eigenvalue weighted by Gasteiger charge is 2.35. The standard InChI is InChI=1S/C15H19ClN2O3S/c1-10-3-4-11(7-12(10)16)18-14(20)13(19)17-8-15(21-2)5-6-22-9-15/h3-4,7H,5-6,8-9H2,1-2H3,(H,17,19)(H,18,20). The number of hydrogen-bond donors (Lipinski definition) is 2. The summed E-state index contributed by atoms with van der Waals surface area (Å²) in [7, 11) is 1.63. The highest BCUT2D eigenvalue weighted by molar-refractivity contribution is 7.99. The highest BCUT2D eigenvalue weighted by Crippen LogP contribution is 2.30. The monoisotopic (exact) mass is 342 g/mol. The molecule has 2 N–H and O–H groups in total. The van der Waals surface area contributed by atoms with Gasteiger partial charge in [0.2, 0.25) is 0 Å². The Hall–Kier alpha value is -1.24. The zero-order valence-corrected chi connectivity index (χ0v) is 14.1. The molecular formula is C15H19ClN2O3S. The van der Waals surface area contributed by atoms with Crippen LogP contribution in [0.2, 0.25) is 5.02 Å². The summed E-state index contributed by atoms with van der Waals surface area (Å²) in [5.74, 6) is 0.429. The number of anilines is 1. The Bertz CT molecular complexity index is 574. The van der Waals surface area contributed by atoms with Gasteiger partial charge in [0.1, 0.15) is 0 Å². The lowest BCUT2D eigenvalue weighted by atomic mass is 10.0. The van der Waals surface area contributed by atoms with Gasteiger partial charge in [-0.05, 0) is 36.8 Å². The Morgan fingerprint density at radius 2 is 2.18 bits per heavy atom. The lowest BCUT2D eigenvalue weighted by Crippen LogP contribution is -2.47. The van der Waals surface area contributed by atoms with Crippen LogP contribution in [0.5, 0.6) is 0 Å². The molecule has 1 aromatic carbocycles. The number of carbonyl (C=O) groups is 2. The number of carbonyl (C=O) groups excluding carboxylic acids is 2. The van der Waals surface area contributed by atoms with Gasteiger partial charge in [0.25, 0.3) is 0 Å². The van der Waals surface area contributed by atoms with Gasteiger partial charge in [0.05, 0.1) is 5.60 Å². The minimum Gasteiger partial charge on any atom is -0.376 e. The van der Waals surface area contributed by atoms with Crippen LogP contribution in [0, 0.1) is 6.92 Å². The van der Waals surface area contributed by atoms with Crippen molar-refractivity contribution in [2.45, 2.75) is 18.9 Å². The Morgan fingerprint density at radius 3 is 2.77 bits per heavy atom. The molecule has 0 radical (unpaired) electrons. The Morgan fingerprint density at radius 1 is 1.41 bits per heavy atom. The van der Waals surface area contributed by atoms with Crippen LogP contribution in [-0.4, -0.2) is 42.6 Å². The van der Waals surface area contributed by atoms with Crippen molar-refractivity contribution in [3.63, 3.8) is 0 Å². The zero-order chi connectivity index (χ0) is 16.2. The number of rotatable bonds is 4. The number of methoxy groups -OCH3 is 1. The van der Waals surface area contributed by atoms with Crippen molar-refractivity contribution in [1.29, 1.82) is 0 Å². The van der Waals surface area contributed by atoms with Gasteiger partial charge in [-0.1, -0.05) is 17.7 Å². The largest absolute Gasteiger partial charge is 0.376 e. The molecule has 1 aromatic rings. The molecule has 1 saturated heterocycles. The predicted octanol–water partition coefficient (Wildman–Crippen LogP) is 2.23. The minimum absolute atomic E-state index is 0.331. The van der Waals surface area contributed by atoms with E-state index in [0.29, 0.717) is 17.3 Å². The third-order valence-electron chi connectivity index (χ3n) is 3.71. The van der Waals surface area contributed by atoms with E-state index in [9.17, 15) is 9.59 Å². The molecule has 1 unspecified atom stereocenters. The van der Waals surface area contributed by atoms with E-state index in [2.05, 4.69) is 10.6 Å². The number of thioether (sulfide) groups is 1. The lowest BCUT2D eigenvalue weighted by molar-refractivity contribution is -0.136. The summed E-state index contributed by atoms with van der Waals surface area (Å²) in [4.78, 5) is 23.8. The first-order valence-electron chi connectivity index (χ1n) is 6.94. The molecule has 1 fully saturated rings. The number of aryl methyl sites for hydroxylation is 1. The topological polar surface area (TPSA) is 67.4 Å². The molecule has 1 aliphatic rings. The second-order valence-electron chi connectivity index (χ2n) is 5.29. The average Bonchev–Trinajstić information content (AvgIpc) is 2.98. The highest BCUT2D eigenvalue weighted by atomic mass is 35.5. The molecule has 5 nitrogen and oxygen atoms in total. The third-order valence-corrected chi connectivity index (χ3v) is 5.34. The van der Waals surface area contributed by atoms with Crippen molar-refractivity contribution in [2.24, 2.45) is 0 Å². The van der Waals surface area contributed by atoms with Crippen LogP contribution in [0.1, 0.15) is 12.0 Å². The first-order chi connectivity index (χ1) is 10.5. The van der Waals surface area contributed by atoms with Crippen LogP contribution in [-0.2, 0) is 14.3 Å². The summed E-state index contributed by atoms with van der Waals surface area (Å²) in [6.07, 6.45) is 0.865. The molecule has 1 aliphatic heterocycles. The SMILES string of the molecule is COC1(CNC(=O)C(=O)Nc2ccc(C)c(Cl)c2)CCSC1. The van der Waals surface area contributed by atoms with Gasteiger partial charge < -0.3 is 15.4 Å². The molecular weight excluding hydrogens is 324 g/mol. The summed E-state index contributed by atoms with van der Waals surface area (Å²) in [6.45, 7) is 2.20. The Kier molecular flexibility index (Phi) is 5.72. The zero-order valence-electron chi connectivity index (χ0n) is 12.6. The summed E-state index contributed by atoms with van der Waals surface area (Å²) in [5.41, 5.74) is 1.03. The van der Waals surface area contributed by atoms with E-state index >= 15 is 0 Å². The van der Waals surface area contributed by atoms with Crippen LogP contribution in [0.3, 0.4) is 0 Å². The molecule has 0 spiro atoms. The van der Waals surface area contributed by atoms with Gasteiger partial charge in [-0.25, -0.2) is 0 Å². The number of hydrogen-bond acceptors (Lipinski definition) is 4. The molecule has 120 valence electrons. The minimum atomic E-state index is -0.711. The van der Waals surface area contributed by atoms with E-state index in [1.165, 1.54) is 0 Å². The predicted molar refractivity (Wildman–Crippen MR) is 89.5 cm³/mol. The molecule has 0 saturated carbocycles. The third kappa shape index (κ3) is 4.15. The van der Waals surface area contributed by atoms with Gasteiger partial charge in [0.15, 0.2) is 0 Å². The quantitative estimate of drug-likeness (QED) is 0.823. The van der Waals surface area contributed by atoms with E-state index in [4.69, 9.17) is 16.3 Å².